The van der Waals surface area contributed by atoms with Crippen molar-refractivity contribution in [3.63, 3.8) is 0 Å². The van der Waals surface area contributed by atoms with Crippen molar-refractivity contribution in [3.8, 4) is 0 Å². The Labute approximate surface area is 93.0 Å². The first-order chi connectivity index (χ1) is 6.83. The Balaban J connectivity index is 1.88. The molecule has 0 radical (unpaired) electrons. The highest BCUT2D eigenvalue weighted by Gasteiger charge is 2.33. The number of aryl methyl sites for hydroxylation is 1. The van der Waals surface area contributed by atoms with Gasteiger partial charge in [0.05, 0.1) is 0 Å². The van der Waals surface area contributed by atoms with Crippen LogP contribution in [0.3, 0.4) is 0 Å². The highest BCUT2D eigenvalue weighted by atomic mass is 79.9. The molecule has 1 unspecified atom stereocenters. The van der Waals surface area contributed by atoms with E-state index in [1.807, 2.05) is 0 Å². The zero-order valence-corrected chi connectivity index (χ0v) is 9.68. The summed E-state index contributed by atoms with van der Waals surface area (Å²) in [6.45, 7) is 0. The van der Waals surface area contributed by atoms with Crippen molar-refractivity contribution in [2.24, 2.45) is 5.92 Å². The Morgan fingerprint density at radius 2 is 2.07 bits per heavy atom. The number of benzene rings is 1. The topological polar surface area (TPSA) is 12.0 Å². The van der Waals surface area contributed by atoms with E-state index in [0.717, 1.165) is 12.0 Å². The molecule has 1 heterocycles. The monoisotopic (exact) mass is 251 g/mol. The van der Waals surface area contributed by atoms with Gasteiger partial charge in [-0.2, -0.15) is 0 Å². The van der Waals surface area contributed by atoms with Crippen LogP contribution in [-0.4, -0.2) is 6.04 Å². The van der Waals surface area contributed by atoms with Gasteiger partial charge in [0.15, 0.2) is 0 Å². The van der Waals surface area contributed by atoms with Crippen molar-refractivity contribution in [3.05, 3.63) is 28.2 Å². The molecule has 0 bridgehead atoms. The molecule has 1 nitrogen and oxygen atoms in total. The lowest BCUT2D eigenvalue weighted by Gasteiger charge is -2.27. The van der Waals surface area contributed by atoms with Crippen LogP contribution >= 0.6 is 15.9 Å². The quantitative estimate of drug-likeness (QED) is 0.805. The fourth-order valence-electron chi connectivity index (χ4n) is 2.34. The summed E-state index contributed by atoms with van der Waals surface area (Å²) in [6.07, 6.45) is 5.43. The molecule has 1 saturated carbocycles. The van der Waals surface area contributed by atoms with Gasteiger partial charge in [0, 0.05) is 16.2 Å². The molecule has 74 valence electrons. The summed E-state index contributed by atoms with van der Waals surface area (Å²) in [7, 11) is 0. The first-order valence-corrected chi connectivity index (χ1v) is 6.17. The van der Waals surface area contributed by atoms with Gasteiger partial charge in [-0.1, -0.05) is 22.0 Å². The standard InChI is InChI=1S/C12H14BrN/c13-10-5-3-9-4-6-11(8-1-2-8)14-12(9)7-10/h3,5,7-8,11,14H,1-2,4,6H2. The molecule has 1 aromatic rings. The van der Waals surface area contributed by atoms with Crippen LogP contribution in [0.5, 0.6) is 0 Å². The van der Waals surface area contributed by atoms with Crippen LogP contribution < -0.4 is 5.32 Å². The predicted octanol–water partition coefficient (Wildman–Crippen LogP) is 3.59. The Kier molecular flexibility index (Phi) is 2.05. The zero-order valence-electron chi connectivity index (χ0n) is 8.09. The molecule has 1 fully saturated rings. The Morgan fingerprint density at radius 1 is 1.21 bits per heavy atom. The summed E-state index contributed by atoms with van der Waals surface area (Å²) in [5.74, 6) is 0.960. The van der Waals surface area contributed by atoms with E-state index in [2.05, 4.69) is 39.4 Å². The maximum atomic E-state index is 3.67. The molecule has 0 spiro atoms. The average molecular weight is 252 g/mol. The molecule has 1 atom stereocenters. The summed E-state index contributed by atoms with van der Waals surface area (Å²) in [4.78, 5) is 0. The second-order valence-electron chi connectivity index (χ2n) is 4.43. The highest BCUT2D eigenvalue weighted by molar-refractivity contribution is 9.10. The fourth-order valence-corrected chi connectivity index (χ4v) is 2.70. The zero-order chi connectivity index (χ0) is 9.54. The molecule has 1 aliphatic heterocycles. The van der Waals surface area contributed by atoms with Crippen molar-refractivity contribution >= 4 is 21.6 Å². The fraction of sp³-hybridized carbons (Fsp3) is 0.500. The van der Waals surface area contributed by atoms with Crippen LogP contribution in [0.1, 0.15) is 24.8 Å². The van der Waals surface area contributed by atoms with Crippen molar-refractivity contribution in [1.29, 1.82) is 0 Å². The van der Waals surface area contributed by atoms with Gasteiger partial charge in [-0.05, 0) is 49.3 Å². The Hall–Kier alpha value is -0.500. The van der Waals surface area contributed by atoms with Crippen LogP contribution in [0.15, 0.2) is 22.7 Å². The van der Waals surface area contributed by atoms with Gasteiger partial charge in [0.1, 0.15) is 0 Å². The highest BCUT2D eigenvalue weighted by Crippen LogP contribution is 2.39. The van der Waals surface area contributed by atoms with Crippen LogP contribution in [-0.2, 0) is 6.42 Å². The molecule has 14 heavy (non-hydrogen) atoms. The van der Waals surface area contributed by atoms with Crippen molar-refractivity contribution in [2.75, 3.05) is 5.32 Å². The number of anilines is 1. The number of nitrogens with one attached hydrogen (secondary N) is 1. The molecule has 1 aromatic carbocycles. The van der Waals surface area contributed by atoms with Gasteiger partial charge < -0.3 is 5.32 Å². The molecule has 1 N–H and O–H groups in total. The maximum Gasteiger partial charge on any atom is 0.0386 e. The lowest BCUT2D eigenvalue weighted by Crippen LogP contribution is -2.27. The Bertz CT molecular complexity index is 357. The molecule has 2 heteroatoms. The second-order valence-corrected chi connectivity index (χ2v) is 5.34. The van der Waals surface area contributed by atoms with Crippen LogP contribution in [0, 0.1) is 5.92 Å². The SMILES string of the molecule is Brc1ccc2c(c1)NC(C1CC1)CC2. The molecular formula is C12H14BrN. The van der Waals surface area contributed by atoms with Gasteiger partial charge in [0.25, 0.3) is 0 Å². The van der Waals surface area contributed by atoms with E-state index in [0.29, 0.717) is 0 Å². The molecular weight excluding hydrogens is 238 g/mol. The first-order valence-electron chi connectivity index (χ1n) is 5.38. The molecule has 0 aromatic heterocycles. The van der Waals surface area contributed by atoms with E-state index in [1.165, 1.54) is 41.4 Å². The molecule has 0 saturated heterocycles. The lowest BCUT2D eigenvalue weighted by molar-refractivity contribution is 0.569. The first kappa shape index (κ1) is 8.78. The van der Waals surface area contributed by atoms with Crippen LogP contribution in [0.2, 0.25) is 0 Å². The number of rotatable bonds is 1. The average Bonchev–Trinajstić information content (AvgIpc) is 3.00. The maximum absolute atomic E-state index is 3.67. The van der Waals surface area contributed by atoms with Crippen molar-refractivity contribution in [1.82, 2.24) is 0 Å². The minimum atomic E-state index is 0.747. The van der Waals surface area contributed by atoms with E-state index < -0.39 is 0 Å². The van der Waals surface area contributed by atoms with E-state index in [9.17, 15) is 0 Å². The third-order valence-corrected chi connectivity index (χ3v) is 3.82. The van der Waals surface area contributed by atoms with E-state index in [-0.39, 0.29) is 0 Å². The van der Waals surface area contributed by atoms with E-state index in [1.54, 1.807) is 0 Å². The normalized spacial score (nSPS) is 25.4. The van der Waals surface area contributed by atoms with Crippen LogP contribution in [0.4, 0.5) is 5.69 Å². The largest absolute Gasteiger partial charge is 0.382 e. The minimum absolute atomic E-state index is 0.747. The van der Waals surface area contributed by atoms with Gasteiger partial charge >= 0.3 is 0 Å². The summed E-state index contributed by atoms with van der Waals surface area (Å²) in [5, 5.41) is 3.67. The summed E-state index contributed by atoms with van der Waals surface area (Å²) in [6, 6.07) is 7.33. The third kappa shape index (κ3) is 1.56. The molecule has 2 aliphatic rings. The van der Waals surface area contributed by atoms with Crippen molar-refractivity contribution in [2.45, 2.75) is 31.7 Å². The number of hydrogen-bond donors (Lipinski definition) is 1. The van der Waals surface area contributed by atoms with Crippen molar-refractivity contribution < 1.29 is 0 Å². The van der Waals surface area contributed by atoms with Gasteiger partial charge in [0.2, 0.25) is 0 Å². The molecule has 1 aliphatic carbocycles. The summed E-state index contributed by atoms with van der Waals surface area (Å²) in [5.41, 5.74) is 2.83. The third-order valence-electron chi connectivity index (χ3n) is 3.33. The lowest BCUT2D eigenvalue weighted by atomic mass is 9.95. The Morgan fingerprint density at radius 3 is 2.86 bits per heavy atom. The summed E-state index contributed by atoms with van der Waals surface area (Å²) < 4.78 is 1.18. The predicted molar refractivity (Wildman–Crippen MR) is 62.6 cm³/mol. The summed E-state index contributed by atoms with van der Waals surface area (Å²) >= 11 is 3.52. The number of halogens is 1. The second kappa shape index (κ2) is 3.27. The number of hydrogen-bond acceptors (Lipinski definition) is 1. The smallest absolute Gasteiger partial charge is 0.0386 e. The van der Waals surface area contributed by atoms with Gasteiger partial charge in [-0.15, -0.1) is 0 Å². The number of fused-ring (bicyclic) bond motifs is 1. The van der Waals surface area contributed by atoms with Crippen LogP contribution in [0.25, 0.3) is 0 Å². The molecule has 0 amide bonds. The van der Waals surface area contributed by atoms with E-state index >= 15 is 0 Å². The van der Waals surface area contributed by atoms with E-state index in [4.69, 9.17) is 0 Å². The minimum Gasteiger partial charge on any atom is -0.382 e. The van der Waals surface area contributed by atoms with Gasteiger partial charge in [-0.25, -0.2) is 0 Å². The van der Waals surface area contributed by atoms with Gasteiger partial charge in [-0.3, -0.25) is 0 Å². The molecule has 3 rings (SSSR count).